The molecule has 4 aromatic heterocycles. The number of carbonyl (C=O) groups excluding carboxylic acids is 1. The van der Waals surface area contributed by atoms with Crippen LogP contribution in [0.4, 0.5) is 19.0 Å². The number of ether oxygens (including phenoxy) is 1. The van der Waals surface area contributed by atoms with Crippen molar-refractivity contribution >= 4 is 22.6 Å². The van der Waals surface area contributed by atoms with Gasteiger partial charge in [0.15, 0.2) is 0 Å². The van der Waals surface area contributed by atoms with Crippen molar-refractivity contribution in [1.82, 2.24) is 29.8 Å². The van der Waals surface area contributed by atoms with Crippen molar-refractivity contribution in [3.63, 3.8) is 0 Å². The van der Waals surface area contributed by atoms with Crippen LogP contribution in [0.5, 0.6) is 0 Å². The summed E-state index contributed by atoms with van der Waals surface area (Å²) in [6, 6.07) is 4.82. The molecular formula is C24H20F3N7O2. The molecule has 0 unspecified atom stereocenters. The van der Waals surface area contributed by atoms with Gasteiger partial charge in [-0.25, -0.2) is 19.9 Å². The number of hydrogen-bond acceptors (Lipinski definition) is 8. The molecule has 0 saturated carbocycles. The molecule has 1 atom stereocenters. The van der Waals surface area contributed by atoms with E-state index < -0.39 is 23.7 Å². The lowest BCUT2D eigenvalue weighted by Gasteiger charge is -2.28. The Labute approximate surface area is 203 Å². The van der Waals surface area contributed by atoms with Gasteiger partial charge in [0.1, 0.15) is 17.3 Å². The number of anilines is 1. The van der Waals surface area contributed by atoms with Gasteiger partial charge in [-0.1, -0.05) is 0 Å². The quantitative estimate of drug-likeness (QED) is 0.443. The molecule has 0 saturated heterocycles. The first kappa shape index (κ1) is 23.5. The minimum atomic E-state index is -4.51. The van der Waals surface area contributed by atoms with Gasteiger partial charge in [-0.3, -0.25) is 9.78 Å². The highest BCUT2D eigenvalue weighted by molar-refractivity contribution is 5.97. The number of aromatic nitrogens is 5. The fourth-order valence-electron chi connectivity index (χ4n) is 4.05. The first-order chi connectivity index (χ1) is 17.2. The summed E-state index contributed by atoms with van der Waals surface area (Å²) in [6.45, 7) is 2.32. The molecule has 1 amide bonds. The molecule has 1 aliphatic rings. The van der Waals surface area contributed by atoms with Crippen LogP contribution < -0.4 is 5.73 Å². The smallest absolute Gasteiger partial charge is 0.383 e. The van der Waals surface area contributed by atoms with Crippen molar-refractivity contribution in [3.8, 4) is 0 Å². The van der Waals surface area contributed by atoms with Gasteiger partial charge in [-0.15, -0.1) is 0 Å². The summed E-state index contributed by atoms with van der Waals surface area (Å²) in [4.78, 5) is 36.2. The molecular weight excluding hydrogens is 475 g/mol. The zero-order valence-electron chi connectivity index (χ0n) is 19.0. The van der Waals surface area contributed by atoms with E-state index in [1.807, 2.05) is 0 Å². The van der Waals surface area contributed by atoms with Crippen LogP contribution >= 0.6 is 0 Å². The molecule has 4 aromatic rings. The van der Waals surface area contributed by atoms with E-state index in [-0.39, 0.29) is 17.9 Å². The summed E-state index contributed by atoms with van der Waals surface area (Å²) < 4.78 is 44.5. The van der Waals surface area contributed by atoms with Crippen LogP contribution in [0.3, 0.4) is 0 Å². The summed E-state index contributed by atoms with van der Waals surface area (Å²) in [7, 11) is 0. The summed E-state index contributed by atoms with van der Waals surface area (Å²) in [5.41, 5.74) is 7.71. The number of nitrogen functional groups attached to an aromatic ring is 1. The van der Waals surface area contributed by atoms with Gasteiger partial charge in [-0.2, -0.15) is 13.2 Å². The normalized spacial score (nSPS) is 14.0. The number of amides is 1. The Kier molecular flexibility index (Phi) is 5.96. The molecule has 9 nitrogen and oxygen atoms in total. The molecule has 5 heterocycles. The number of halogens is 3. The number of carbonyl (C=O) groups is 1. The first-order valence-electron chi connectivity index (χ1n) is 11.0. The largest absolute Gasteiger partial charge is 0.417 e. The average Bonchev–Trinajstić information content (AvgIpc) is 3.38. The molecule has 0 aliphatic carbocycles. The Hall–Kier alpha value is -4.19. The third-order valence-corrected chi connectivity index (χ3v) is 6.01. The summed E-state index contributed by atoms with van der Waals surface area (Å²) in [5.74, 6) is 0.256. The molecule has 1 aliphatic heterocycles. The second-order valence-electron chi connectivity index (χ2n) is 8.29. The van der Waals surface area contributed by atoms with Crippen molar-refractivity contribution in [1.29, 1.82) is 0 Å². The molecule has 12 heteroatoms. The van der Waals surface area contributed by atoms with Gasteiger partial charge in [0.25, 0.3) is 5.91 Å². The van der Waals surface area contributed by atoms with Crippen molar-refractivity contribution < 1.29 is 22.7 Å². The third kappa shape index (κ3) is 4.42. The fourth-order valence-corrected chi connectivity index (χ4v) is 4.05. The number of fused-ring (bicyclic) bond motifs is 3. The van der Waals surface area contributed by atoms with Crippen molar-refractivity contribution in [2.45, 2.75) is 38.9 Å². The minimum Gasteiger partial charge on any atom is -0.383 e. The lowest BCUT2D eigenvalue weighted by atomic mass is 10.0. The molecule has 0 aromatic carbocycles. The maximum atomic E-state index is 13.7. The summed E-state index contributed by atoms with van der Waals surface area (Å²) >= 11 is 0. The number of nitrogens with zero attached hydrogens (tertiary/aromatic N) is 6. The molecule has 2 N–H and O–H groups in total. The number of alkyl halides is 3. The highest BCUT2D eigenvalue weighted by Crippen LogP contribution is 2.32. The monoisotopic (exact) mass is 495 g/mol. The van der Waals surface area contributed by atoms with E-state index in [0.717, 1.165) is 23.4 Å². The van der Waals surface area contributed by atoms with Crippen LogP contribution in [0, 0.1) is 0 Å². The van der Waals surface area contributed by atoms with Gasteiger partial charge < -0.3 is 15.4 Å². The van der Waals surface area contributed by atoms with Crippen molar-refractivity contribution in [2.75, 3.05) is 5.73 Å². The first-order valence-corrected chi connectivity index (χ1v) is 11.0. The van der Waals surface area contributed by atoms with Crippen molar-refractivity contribution in [2.24, 2.45) is 0 Å². The van der Waals surface area contributed by atoms with Crippen LogP contribution in [0.15, 0.2) is 49.1 Å². The van der Waals surface area contributed by atoms with E-state index in [2.05, 4.69) is 24.9 Å². The molecule has 0 spiro atoms. The molecule has 36 heavy (non-hydrogen) atoms. The van der Waals surface area contributed by atoms with E-state index in [9.17, 15) is 18.0 Å². The number of nitrogens with two attached hydrogens (primary N) is 1. The van der Waals surface area contributed by atoms with Gasteiger partial charge >= 0.3 is 6.18 Å². The lowest BCUT2D eigenvalue weighted by Crippen LogP contribution is -2.35. The second-order valence-corrected chi connectivity index (χ2v) is 8.29. The Balaban J connectivity index is 1.53. The van der Waals surface area contributed by atoms with E-state index in [1.54, 1.807) is 31.5 Å². The predicted octanol–water partition coefficient (Wildman–Crippen LogP) is 3.85. The molecule has 5 rings (SSSR count). The van der Waals surface area contributed by atoms with E-state index in [4.69, 9.17) is 10.5 Å². The number of pyridine rings is 3. The van der Waals surface area contributed by atoms with Gasteiger partial charge in [0.2, 0.25) is 0 Å². The highest BCUT2D eigenvalue weighted by atomic mass is 19.4. The van der Waals surface area contributed by atoms with Gasteiger partial charge in [0.05, 0.1) is 48.8 Å². The molecule has 0 bridgehead atoms. The van der Waals surface area contributed by atoms with Crippen LogP contribution in [0.2, 0.25) is 0 Å². The fraction of sp³-hybridized carbons (Fsp3) is 0.250. The van der Waals surface area contributed by atoms with Crippen LogP contribution in [0.1, 0.15) is 51.7 Å². The van der Waals surface area contributed by atoms with Crippen LogP contribution in [0.25, 0.3) is 10.9 Å². The SMILES string of the molecule is C[C@H](c1ncccn1)N(Cc1ccc(C(F)(F)F)cn1)C(=O)c1cc2c3c(c(N)nc2cn1)COC3. The zero-order chi connectivity index (χ0) is 25.4. The Morgan fingerprint density at radius 3 is 2.56 bits per heavy atom. The Bertz CT molecular complexity index is 1430. The molecule has 184 valence electrons. The van der Waals surface area contributed by atoms with E-state index in [1.165, 1.54) is 17.2 Å². The Morgan fingerprint density at radius 2 is 1.86 bits per heavy atom. The standard InChI is InChI=1S/C24H20F3N7O2/c1-13(22-29-5-2-6-30-22)34(10-15-4-3-14(8-31-15)24(25,26)27)23(35)19-7-16-17-11-36-12-18(17)21(28)33-20(16)9-32-19/h2-9,13H,10-12H2,1H3,(H2,28,33)/t13-/m1/s1. The van der Waals surface area contributed by atoms with E-state index >= 15 is 0 Å². The number of hydrogen-bond donors (Lipinski definition) is 1. The van der Waals surface area contributed by atoms with Crippen LogP contribution in [-0.4, -0.2) is 35.7 Å². The summed E-state index contributed by atoms with van der Waals surface area (Å²) in [6.07, 6.45) is 0.796. The summed E-state index contributed by atoms with van der Waals surface area (Å²) in [5, 5.41) is 0.700. The number of rotatable bonds is 5. The van der Waals surface area contributed by atoms with Crippen LogP contribution in [-0.2, 0) is 30.7 Å². The third-order valence-electron chi connectivity index (χ3n) is 6.01. The van der Waals surface area contributed by atoms with Crippen molar-refractivity contribution in [3.05, 3.63) is 83.0 Å². The van der Waals surface area contributed by atoms with Gasteiger partial charge in [0, 0.05) is 29.5 Å². The molecule has 0 fully saturated rings. The zero-order valence-corrected chi connectivity index (χ0v) is 19.0. The minimum absolute atomic E-state index is 0.0860. The van der Waals surface area contributed by atoms with Gasteiger partial charge in [-0.05, 0) is 36.8 Å². The lowest BCUT2D eigenvalue weighted by molar-refractivity contribution is -0.137. The predicted molar refractivity (Wildman–Crippen MR) is 122 cm³/mol. The maximum Gasteiger partial charge on any atom is 0.417 e. The van der Waals surface area contributed by atoms with E-state index in [0.29, 0.717) is 35.8 Å². The maximum absolute atomic E-state index is 13.7. The average molecular weight is 495 g/mol. The Morgan fingerprint density at radius 1 is 1.11 bits per heavy atom. The topological polar surface area (TPSA) is 120 Å². The molecule has 0 radical (unpaired) electrons. The second kappa shape index (κ2) is 9.11. The highest BCUT2D eigenvalue weighted by Gasteiger charge is 2.31.